The molecule has 5 heterocycles. The Kier molecular flexibility index (Phi) is 5.13. The summed E-state index contributed by atoms with van der Waals surface area (Å²) in [6.45, 7) is 4.30. The first kappa shape index (κ1) is 18.7. The molecule has 6 nitrogen and oxygen atoms in total. The van der Waals surface area contributed by atoms with E-state index in [9.17, 15) is 0 Å². The molecule has 1 fully saturated rings. The van der Waals surface area contributed by atoms with Gasteiger partial charge in [0.15, 0.2) is 0 Å². The summed E-state index contributed by atoms with van der Waals surface area (Å²) < 4.78 is 2.02. The van der Waals surface area contributed by atoms with Gasteiger partial charge in [0.05, 0.1) is 12.1 Å². The van der Waals surface area contributed by atoms with Crippen LogP contribution >= 0.6 is 0 Å². The van der Waals surface area contributed by atoms with Crippen LogP contribution in [0.3, 0.4) is 0 Å². The standard InChI is InChI=1S/C24H26N6/c1-2-18-5-7-25-20(13-18)16-22-27-21(17-24(28-22)29-9-3-4-10-29)14-19-6-11-30-12-8-26-23(30)15-19/h5-8,11-13,15,17H,2-4,9-10,14,16H2,1H3. The predicted octanol–water partition coefficient (Wildman–Crippen LogP) is 3.86. The zero-order chi connectivity index (χ0) is 20.3. The zero-order valence-electron chi connectivity index (χ0n) is 17.3. The lowest BCUT2D eigenvalue weighted by Crippen LogP contribution is -2.20. The molecule has 0 spiro atoms. The molecule has 1 aliphatic heterocycles. The number of rotatable bonds is 6. The molecule has 5 rings (SSSR count). The van der Waals surface area contributed by atoms with Crippen LogP contribution in [0, 0.1) is 0 Å². The second-order valence-electron chi connectivity index (χ2n) is 7.92. The normalized spacial score (nSPS) is 14.0. The molecule has 0 saturated carbocycles. The first-order valence-electron chi connectivity index (χ1n) is 10.7. The number of hydrogen-bond acceptors (Lipinski definition) is 5. The number of aromatic nitrogens is 5. The lowest BCUT2D eigenvalue weighted by Gasteiger charge is -2.18. The summed E-state index contributed by atoms with van der Waals surface area (Å²) in [6.07, 6.45) is 12.6. The van der Waals surface area contributed by atoms with Gasteiger partial charge in [-0.2, -0.15) is 0 Å². The third kappa shape index (κ3) is 4.03. The fourth-order valence-corrected chi connectivity index (χ4v) is 4.09. The van der Waals surface area contributed by atoms with Crippen LogP contribution < -0.4 is 4.90 Å². The number of nitrogens with zero attached hydrogens (tertiary/aromatic N) is 6. The molecule has 0 atom stereocenters. The molecule has 1 aliphatic rings. The van der Waals surface area contributed by atoms with Gasteiger partial charge < -0.3 is 9.30 Å². The Morgan fingerprint density at radius 3 is 2.60 bits per heavy atom. The van der Waals surface area contributed by atoms with Gasteiger partial charge in [-0.15, -0.1) is 0 Å². The smallest absolute Gasteiger partial charge is 0.136 e. The lowest BCUT2D eigenvalue weighted by molar-refractivity contribution is 0.854. The summed E-state index contributed by atoms with van der Waals surface area (Å²) in [4.78, 5) is 21.2. The van der Waals surface area contributed by atoms with Crippen molar-refractivity contribution >= 4 is 11.5 Å². The second kappa shape index (κ2) is 8.22. The molecule has 4 aromatic rings. The van der Waals surface area contributed by atoms with Crippen LogP contribution in [-0.4, -0.2) is 37.4 Å². The Morgan fingerprint density at radius 2 is 1.73 bits per heavy atom. The summed E-state index contributed by atoms with van der Waals surface area (Å²) in [7, 11) is 0. The Hall–Kier alpha value is -3.28. The molecule has 0 aliphatic carbocycles. The summed E-state index contributed by atoms with van der Waals surface area (Å²) in [6, 6.07) is 10.7. The predicted molar refractivity (Wildman–Crippen MR) is 118 cm³/mol. The molecule has 0 N–H and O–H groups in total. The van der Waals surface area contributed by atoms with E-state index in [1.54, 1.807) is 0 Å². The molecule has 30 heavy (non-hydrogen) atoms. The van der Waals surface area contributed by atoms with E-state index in [2.05, 4.69) is 58.3 Å². The van der Waals surface area contributed by atoms with E-state index in [1.807, 2.05) is 23.0 Å². The molecule has 0 aromatic carbocycles. The maximum atomic E-state index is 4.91. The van der Waals surface area contributed by atoms with Crippen LogP contribution in [0.5, 0.6) is 0 Å². The number of anilines is 1. The summed E-state index contributed by atoms with van der Waals surface area (Å²) in [5.41, 5.74) is 5.53. The van der Waals surface area contributed by atoms with Gasteiger partial charge in [0.1, 0.15) is 17.3 Å². The van der Waals surface area contributed by atoms with Crippen LogP contribution in [0.15, 0.2) is 55.1 Å². The average molecular weight is 399 g/mol. The molecule has 6 heteroatoms. The van der Waals surface area contributed by atoms with Gasteiger partial charge in [-0.3, -0.25) is 4.98 Å². The fraction of sp³-hybridized carbons (Fsp3) is 0.333. The quantitative estimate of drug-likeness (QED) is 0.494. The van der Waals surface area contributed by atoms with Crippen LogP contribution in [0.25, 0.3) is 5.65 Å². The number of hydrogen-bond donors (Lipinski definition) is 0. The Morgan fingerprint density at radius 1 is 0.833 bits per heavy atom. The van der Waals surface area contributed by atoms with E-state index in [-0.39, 0.29) is 0 Å². The van der Waals surface area contributed by atoms with Gasteiger partial charge in [-0.1, -0.05) is 6.92 Å². The van der Waals surface area contributed by atoms with Gasteiger partial charge in [-0.25, -0.2) is 15.0 Å². The van der Waals surface area contributed by atoms with Crippen molar-refractivity contribution in [1.29, 1.82) is 0 Å². The van der Waals surface area contributed by atoms with Gasteiger partial charge in [0, 0.05) is 56.1 Å². The fourth-order valence-electron chi connectivity index (χ4n) is 4.09. The molecule has 0 unspecified atom stereocenters. The molecule has 1 saturated heterocycles. The number of imidazole rings is 1. The highest BCUT2D eigenvalue weighted by atomic mass is 15.2. The Balaban J connectivity index is 1.47. The minimum Gasteiger partial charge on any atom is -0.357 e. The molecular weight excluding hydrogens is 372 g/mol. The highest BCUT2D eigenvalue weighted by Gasteiger charge is 2.16. The van der Waals surface area contributed by atoms with E-state index in [1.165, 1.54) is 24.0 Å². The minimum atomic E-state index is 0.655. The van der Waals surface area contributed by atoms with Crippen molar-refractivity contribution in [3.05, 3.63) is 83.5 Å². The van der Waals surface area contributed by atoms with E-state index in [0.717, 1.165) is 54.6 Å². The van der Waals surface area contributed by atoms with Crippen molar-refractivity contribution in [2.75, 3.05) is 18.0 Å². The van der Waals surface area contributed by atoms with E-state index < -0.39 is 0 Å². The van der Waals surface area contributed by atoms with Crippen molar-refractivity contribution < 1.29 is 0 Å². The molecule has 4 aromatic heterocycles. The molecule has 0 bridgehead atoms. The molecule has 0 amide bonds. The zero-order valence-corrected chi connectivity index (χ0v) is 17.3. The van der Waals surface area contributed by atoms with E-state index in [4.69, 9.17) is 9.97 Å². The monoisotopic (exact) mass is 398 g/mol. The maximum Gasteiger partial charge on any atom is 0.136 e. The number of aryl methyl sites for hydroxylation is 1. The molecule has 152 valence electrons. The highest BCUT2D eigenvalue weighted by molar-refractivity contribution is 5.45. The third-order valence-corrected chi connectivity index (χ3v) is 5.72. The van der Waals surface area contributed by atoms with Gasteiger partial charge in [0.2, 0.25) is 0 Å². The second-order valence-corrected chi connectivity index (χ2v) is 7.92. The van der Waals surface area contributed by atoms with Crippen molar-refractivity contribution in [1.82, 2.24) is 24.3 Å². The number of pyridine rings is 2. The minimum absolute atomic E-state index is 0.655. The third-order valence-electron chi connectivity index (χ3n) is 5.72. The van der Waals surface area contributed by atoms with Gasteiger partial charge >= 0.3 is 0 Å². The van der Waals surface area contributed by atoms with Crippen LogP contribution in [0.2, 0.25) is 0 Å². The largest absolute Gasteiger partial charge is 0.357 e. The Labute approximate surface area is 176 Å². The Bertz CT molecular complexity index is 1160. The maximum absolute atomic E-state index is 4.91. The molecule has 0 radical (unpaired) electrons. The van der Waals surface area contributed by atoms with Crippen LogP contribution in [0.4, 0.5) is 5.82 Å². The number of fused-ring (bicyclic) bond motifs is 1. The van der Waals surface area contributed by atoms with Gasteiger partial charge in [-0.05, 0) is 54.7 Å². The van der Waals surface area contributed by atoms with Crippen molar-refractivity contribution in [3.63, 3.8) is 0 Å². The highest BCUT2D eigenvalue weighted by Crippen LogP contribution is 2.21. The topological polar surface area (TPSA) is 59.2 Å². The van der Waals surface area contributed by atoms with Crippen LogP contribution in [0.1, 0.15) is 48.1 Å². The lowest BCUT2D eigenvalue weighted by atomic mass is 10.1. The van der Waals surface area contributed by atoms with Crippen molar-refractivity contribution in [2.24, 2.45) is 0 Å². The summed E-state index contributed by atoms with van der Waals surface area (Å²) >= 11 is 0. The SMILES string of the molecule is CCc1ccnc(Cc2nc(Cc3ccn4ccnc4c3)cc(N3CCCC3)n2)c1. The first-order valence-corrected chi connectivity index (χ1v) is 10.7. The van der Waals surface area contributed by atoms with Crippen molar-refractivity contribution in [2.45, 2.75) is 39.0 Å². The van der Waals surface area contributed by atoms with Gasteiger partial charge in [0.25, 0.3) is 0 Å². The van der Waals surface area contributed by atoms with Crippen molar-refractivity contribution in [3.8, 4) is 0 Å². The van der Waals surface area contributed by atoms with E-state index in [0.29, 0.717) is 6.42 Å². The first-order chi connectivity index (χ1) is 14.8. The summed E-state index contributed by atoms with van der Waals surface area (Å²) in [5, 5.41) is 0. The van der Waals surface area contributed by atoms with Crippen LogP contribution in [-0.2, 0) is 19.3 Å². The average Bonchev–Trinajstić information content (AvgIpc) is 3.45. The molecular formula is C24H26N6. The van der Waals surface area contributed by atoms with E-state index >= 15 is 0 Å². The summed E-state index contributed by atoms with van der Waals surface area (Å²) in [5.74, 6) is 1.89.